The third kappa shape index (κ3) is 6.70. The summed E-state index contributed by atoms with van der Waals surface area (Å²) in [5.74, 6) is -0.411. The molecule has 0 aliphatic rings. The quantitative estimate of drug-likeness (QED) is 0.783. The maximum atomic E-state index is 12.2. The van der Waals surface area contributed by atoms with Crippen molar-refractivity contribution in [1.29, 1.82) is 0 Å². The van der Waals surface area contributed by atoms with Crippen molar-refractivity contribution in [3.63, 3.8) is 0 Å². The molecule has 150 valence electrons. The van der Waals surface area contributed by atoms with E-state index < -0.39 is 12.8 Å². The van der Waals surface area contributed by atoms with Gasteiger partial charge in [0.05, 0.1) is 6.61 Å². The van der Waals surface area contributed by atoms with Gasteiger partial charge in [-0.1, -0.05) is 24.3 Å². The molecule has 0 fully saturated rings. The zero-order chi connectivity index (χ0) is 20.7. The molecule has 0 saturated heterocycles. The van der Waals surface area contributed by atoms with Gasteiger partial charge in [0.2, 0.25) is 0 Å². The van der Waals surface area contributed by atoms with Gasteiger partial charge in [-0.2, -0.15) is 13.2 Å². The van der Waals surface area contributed by atoms with Crippen molar-refractivity contribution in [3.8, 4) is 0 Å². The highest BCUT2D eigenvalue weighted by molar-refractivity contribution is 5.94. The summed E-state index contributed by atoms with van der Waals surface area (Å²) >= 11 is 0. The molecule has 2 aromatic rings. The number of carbonyl (C=O) groups excluding carboxylic acids is 2. The number of amides is 2. The van der Waals surface area contributed by atoms with E-state index in [2.05, 4.69) is 10.1 Å². The second kappa shape index (κ2) is 9.36. The van der Waals surface area contributed by atoms with E-state index in [1.807, 2.05) is 0 Å². The monoisotopic (exact) mass is 394 g/mol. The standard InChI is InChI=1S/C20H21F3N2O3/c1-25(2)19(27)17-9-3-14(4-10-17)11-24-18(26)16-7-5-15(6-8-16)12-28-13-20(21,22)23/h3-10H,11-13H2,1-2H3,(H,24,26). The van der Waals surface area contributed by atoms with Crippen LogP contribution in [0, 0.1) is 0 Å². The number of hydrogen-bond donors (Lipinski definition) is 1. The lowest BCUT2D eigenvalue weighted by Crippen LogP contribution is -2.23. The summed E-state index contributed by atoms with van der Waals surface area (Å²) in [5, 5.41) is 2.75. The normalized spacial score (nSPS) is 11.2. The van der Waals surface area contributed by atoms with Gasteiger partial charge >= 0.3 is 6.18 Å². The molecule has 2 aromatic carbocycles. The van der Waals surface area contributed by atoms with Gasteiger partial charge in [0, 0.05) is 31.8 Å². The molecule has 0 spiro atoms. The Balaban J connectivity index is 1.85. The predicted molar refractivity (Wildman–Crippen MR) is 97.8 cm³/mol. The van der Waals surface area contributed by atoms with Gasteiger partial charge in [-0.25, -0.2) is 0 Å². The number of nitrogens with zero attached hydrogens (tertiary/aromatic N) is 1. The van der Waals surface area contributed by atoms with Crippen LogP contribution < -0.4 is 5.32 Å². The number of alkyl halides is 3. The number of hydrogen-bond acceptors (Lipinski definition) is 3. The molecule has 0 aromatic heterocycles. The highest BCUT2D eigenvalue weighted by Crippen LogP contribution is 2.16. The molecule has 0 heterocycles. The number of nitrogens with one attached hydrogen (secondary N) is 1. The Morgan fingerprint density at radius 2 is 1.46 bits per heavy atom. The molecule has 0 unspecified atom stereocenters. The van der Waals surface area contributed by atoms with Crippen molar-refractivity contribution in [2.24, 2.45) is 0 Å². The molecular formula is C20H21F3N2O3. The second-order valence-corrected chi connectivity index (χ2v) is 6.38. The smallest absolute Gasteiger partial charge is 0.367 e. The molecule has 0 radical (unpaired) electrons. The minimum atomic E-state index is -4.36. The first-order valence-corrected chi connectivity index (χ1v) is 8.48. The van der Waals surface area contributed by atoms with Crippen LogP contribution in [0.2, 0.25) is 0 Å². The minimum Gasteiger partial charge on any atom is -0.367 e. The fraction of sp³-hybridized carbons (Fsp3) is 0.300. The van der Waals surface area contributed by atoms with Gasteiger partial charge in [-0.05, 0) is 35.4 Å². The Bertz CT molecular complexity index is 801. The van der Waals surface area contributed by atoms with Crippen LogP contribution in [0.3, 0.4) is 0 Å². The molecule has 5 nitrogen and oxygen atoms in total. The first-order chi connectivity index (χ1) is 13.2. The second-order valence-electron chi connectivity index (χ2n) is 6.38. The lowest BCUT2D eigenvalue weighted by Gasteiger charge is -2.11. The first kappa shape index (κ1) is 21.4. The van der Waals surface area contributed by atoms with Gasteiger partial charge < -0.3 is 15.0 Å². The Morgan fingerprint density at radius 1 is 0.929 bits per heavy atom. The Labute approximate surface area is 161 Å². The molecular weight excluding hydrogens is 373 g/mol. The molecule has 0 aliphatic carbocycles. The highest BCUT2D eigenvalue weighted by atomic mass is 19.4. The lowest BCUT2D eigenvalue weighted by atomic mass is 10.1. The summed E-state index contributed by atoms with van der Waals surface area (Å²) in [6.07, 6.45) is -4.36. The Morgan fingerprint density at radius 3 is 2.00 bits per heavy atom. The topological polar surface area (TPSA) is 58.6 Å². The fourth-order valence-electron chi connectivity index (χ4n) is 2.34. The van der Waals surface area contributed by atoms with Crippen LogP contribution in [0.25, 0.3) is 0 Å². The van der Waals surface area contributed by atoms with Crippen LogP contribution in [-0.4, -0.2) is 43.6 Å². The minimum absolute atomic E-state index is 0.102. The van der Waals surface area contributed by atoms with E-state index in [1.54, 1.807) is 50.5 Å². The molecule has 0 atom stereocenters. The van der Waals surface area contributed by atoms with Crippen LogP contribution in [0.5, 0.6) is 0 Å². The van der Waals surface area contributed by atoms with Crippen molar-refractivity contribution in [1.82, 2.24) is 10.2 Å². The van der Waals surface area contributed by atoms with E-state index in [1.165, 1.54) is 17.0 Å². The van der Waals surface area contributed by atoms with Crippen LogP contribution in [0.4, 0.5) is 13.2 Å². The van der Waals surface area contributed by atoms with Crippen molar-refractivity contribution in [2.75, 3.05) is 20.7 Å². The molecule has 2 rings (SSSR count). The molecule has 8 heteroatoms. The van der Waals surface area contributed by atoms with Gasteiger partial charge in [0.1, 0.15) is 6.61 Å². The number of rotatable bonds is 7. The van der Waals surface area contributed by atoms with Crippen molar-refractivity contribution >= 4 is 11.8 Å². The summed E-state index contributed by atoms with van der Waals surface area (Å²) in [4.78, 5) is 25.5. The number of halogens is 3. The Kier molecular flexibility index (Phi) is 7.17. The highest BCUT2D eigenvalue weighted by Gasteiger charge is 2.27. The SMILES string of the molecule is CN(C)C(=O)c1ccc(CNC(=O)c2ccc(COCC(F)(F)F)cc2)cc1. The van der Waals surface area contributed by atoms with E-state index in [0.717, 1.165) is 5.56 Å². The van der Waals surface area contributed by atoms with Gasteiger partial charge in [-0.15, -0.1) is 0 Å². The zero-order valence-corrected chi connectivity index (χ0v) is 15.5. The summed E-state index contributed by atoms with van der Waals surface area (Å²) < 4.78 is 40.7. The average Bonchev–Trinajstić information content (AvgIpc) is 2.65. The first-order valence-electron chi connectivity index (χ1n) is 8.48. The van der Waals surface area contributed by atoms with Gasteiger partial charge in [-0.3, -0.25) is 9.59 Å². The van der Waals surface area contributed by atoms with Crippen molar-refractivity contribution < 1.29 is 27.5 Å². The van der Waals surface area contributed by atoms with E-state index in [0.29, 0.717) is 16.7 Å². The maximum absolute atomic E-state index is 12.2. The van der Waals surface area contributed by atoms with E-state index >= 15 is 0 Å². The van der Waals surface area contributed by atoms with E-state index in [4.69, 9.17) is 0 Å². The molecule has 2 amide bonds. The molecule has 0 aliphatic heterocycles. The number of benzene rings is 2. The summed E-state index contributed by atoms with van der Waals surface area (Å²) in [5.41, 5.74) is 2.32. The zero-order valence-electron chi connectivity index (χ0n) is 15.5. The van der Waals surface area contributed by atoms with Gasteiger partial charge in [0.25, 0.3) is 11.8 Å². The molecule has 0 saturated carbocycles. The molecule has 0 bridgehead atoms. The van der Waals surface area contributed by atoms with E-state index in [-0.39, 0.29) is 25.0 Å². The fourth-order valence-corrected chi connectivity index (χ4v) is 2.34. The van der Waals surface area contributed by atoms with Crippen LogP contribution in [0.15, 0.2) is 48.5 Å². The third-order valence-corrected chi connectivity index (χ3v) is 3.81. The van der Waals surface area contributed by atoms with Crippen molar-refractivity contribution in [3.05, 3.63) is 70.8 Å². The number of carbonyl (C=O) groups is 2. The summed E-state index contributed by atoms with van der Waals surface area (Å²) in [6.45, 7) is -1.21. The van der Waals surface area contributed by atoms with Crippen molar-refractivity contribution in [2.45, 2.75) is 19.3 Å². The third-order valence-electron chi connectivity index (χ3n) is 3.81. The maximum Gasteiger partial charge on any atom is 0.411 e. The molecule has 1 N–H and O–H groups in total. The van der Waals surface area contributed by atoms with Crippen LogP contribution >= 0.6 is 0 Å². The predicted octanol–water partition coefficient (Wildman–Crippen LogP) is 3.40. The number of ether oxygens (including phenoxy) is 1. The van der Waals surface area contributed by atoms with E-state index in [9.17, 15) is 22.8 Å². The summed E-state index contributed by atoms with van der Waals surface area (Å²) in [6, 6.07) is 13.1. The lowest BCUT2D eigenvalue weighted by molar-refractivity contribution is -0.176. The largest absolute Gasteiger partial charge is 0.411 e. The van der Waals surface area contributed by atoms with Crippen LogP contribution in [0.1, 0.15) is 31.8 Å². The molecule has 28 heavy (non-hydrogen) atoms. The summed E-state index contributed by atoms with van der Waals surface area (Å²) in [7, 11) is 3.34. The average molecular weight is 394 g/mol. The Hall–Kier alpha value is -2.87. The van der Waals surface area contributed by atoms with Gasteiger partial charge in [0.15, 0.2) is 0 Å². The van der Waals surface area contributed by atoms with Crippen LogP contribution in [-0.2, 0) is 17.9 Å².